The molecule has 0 aromatic carbocycles. The Bertz CT molecular complexity index is 440. The number of alkyl halides is 3. The number of unbranched alkanes of at least 4 members (excludes halogenated alkanes) is 1. The van der Waals surface area contributed by atoms with Gasteiger partial charge in [-0.25, -0.2) is 0 Å². The number of pyridine rings is 1. The average Bonchev–Trinajstić information content (AvgIpc) is 2.34. The molecule has 0 fully saturated rings. The minimum Gasteiger partial charge on any atom is -0.317 e. The molecule has 1 rings (SSSR count). The highest BCUT2D eigenvalue weighted by molar-refractivity contribution is 5.13. The summed E-state index contributed by atoms with van der Waals surface area (Å²) in [4.78, 5) is 11.4. The zero-order valence-corrected chi connectivity index (χ0v) is 11.0. The molecule has 0 amide bonds. The highest BCUT2D eigenvalue weighted by Gasteiger charge is 2.30. The van der Waals surface area contributed by atoms with Crippen molar-refractivity contribution in [3.8, 4) is 0 Å². The predicted octanol–water partition coefficient (Wildman–Crippen LogP) is 2.65. The number of nitrogens with one attached hydrogen (secondary N) is 1. The Morgan fingerprint density at radius 1 is 1.21 bits per heavy atom. The van der Waals surface area contributed by atoms with E-state index in [2.05, 4.69) is 12.2 Å². The fourth-order valence-electron chi connectivity index (χ4n) is 1.71. The number of hydrogen-bond donors (Lipinski definition) is 1. The van der Waals surface area contributed by atoms with Crippen molar-refractivity contribution in [2.75, 3.05) is 13.1 Å². The summed E-state index contributed by atoms with van der Waals surface area (Å²) in [5, 5.41) is 3.20. The zero-order chi connectivity index (χ0) is 14.3. The molecule has 3 nitrogen and oxygen atoms in total. The molecule has 0 spiro atoms. The van der Waals surface area contributed by atoms with Gasteiger partial charge in [0, 0.05) is 18.8 Å². The molecule has 6 heteroatoms. The highest BCUT2D eigenvalue weighted by Crippen LogP contribution is 2.27. The van der Waals surface area contributed by atoms with Crippen molar-refractivity contribution in [2.24, 2.45) is 0 Å². The minimum absolute atomic E-state index is 0.316. The van der Waals surface area contributed by atoms with Gasteiger partial charge in [-0.15, -0.1) is 0 Å². The Hall–Kier alpha value is -1.30. The Labute approximate surface area is 110 Å². The smallest absolute Gasteiger partial charge is 0.317 e. The third kappa shape index (κ3) is 5.46. The van der Waals surface area contributed by atoms with Crippen LogP contribution in [0.25, 0.3) is 0 Å². The standard InChI is InChI=1S/C13H19F3N2O/c1-2-7-17-8-3-4-9-18-10-11(13(14,15)16)5-6-12(18)19/h5-6,10,17H,2-4,7-9H2,1H3. The molecule has 1 aromatic heterocycles. The first-order valence-electron chi connectivity index (χ1n) is 6.43. The molecule has 0 aliphatic carbocycles. The Morgan fingerprint density at radius 3 is 2.58 bits per heavy atom. The quantitative estimate of drug-likeness (QED) is 0.777. The van der Waals surface area contributed by atoms with Crippen LogP contribution in [0.5, 0.6) is 0 Å². The maximum atomic E-state index is 12.5. The van der Waals surface area contributed by atoms with Gasteiger partial charge in [0.15, 0.2) is 0 Å². The van der Waals surface area contributed by atoms with Crippen LogP contribution < -0.4 is 10.9 Å². The Morgan fingerprint density at radius 2 is 1.95 bits per heavy atom. The van der Waals surface area contributed by atoms with Crippen molar-refractivity contribution in [3.05, 3.63) is 34.2 Å². The van der Waals surface area contributed by atoms with E-state index in [9.17, 15) is 18.0 Å². The molecular weight excluding hydrogens is 257 g/mol. The van der Waals surface area contributed by atoms with Gasteiger partial charge < -0.3 is 9.88 Å². The largest absolute Gasteiger partial charge is 0.417 e. The van der Waals surface area contributed by atoms with Crippen molar-refractivity contribution in [2.45, 2.75) is 38.9 Å². The van der Waals surface area contributed by atoms with Crippen LogP contribution in [0.4, 0.5) is 13.2 Å². The topological polar surface area (TPSA) is 34.0 Å². The first-order valence-corrected chi connectivity index (χ1v) is 6.43. The molecule has 0 bridgehead atoms. The maximum absolute atomic E-state index is 12.5. The Balaban J connectivity index is 2.51. The van der Waals surface area contributed by atoms with Crippen molar-refractivity contribution >= 4 is 0 Å². The van der Waals surface area contributed by atoms with Crippen LogP contribution in [0.15, 0.2) is 23.1 Å². The van der Waals surface area contributed by atoms with E-state index in [1.54, 1.807) is 0 Å². The molecule has 0 unspecified atom stereocenters. The molecule has 19 heavy (non-hydrogen) atoms. The molecule has 1 N–H and O–H groups in total. The lowest BCUT2D eigenvalue weighted by Crippen LogP contribution is -2.22. The first-order chi connectivity index (χ1) is 8.95. The molecule has 0 aliphatic heterocycles. The van der Waals surface area contributed by atoms with E-state index in [4.69, 9.17) is 0 Å². The molecule has 0 saturated carbocycles. The van der Waals surface area contributed by atoms with Gasteiger partial charge in [-0.05, 0) is 38.4 Å². The number of aryl methyl sites for hydroxylation is 1. The van der Waals surface area contributed by atoms with Crippen LogP contribution >= 0.6 is 0 Å². The molecule has 1 heterocycles. The van der Waals surface area contributed by atoms with Crippen LogP contribution in [0, 0.1) is 0 Å². The van der Waals surface area contributed by atoms with E-state index >= 15 is 0 Å². The summed E-state index contributed by atoms with van der Waals surface area (Å²) in [7, 11) is 0. The van der Waals surface area contributed by atoms with Crippen molar-refractivity contribution < 1.29 is 13.2 Å². The fraction of sp³-hybridized carbons (Fsp3) is 0.615. The second kappa shape index (κ2) is 7.33. The van der Waals surface area contributed by atoms with E-state index in [1.807, 2.05) is 0 Å². The molecule has 0 atom stereocenters. The van der Waals surface area contributed by atoms with Crippen LogP contribution in [-0.2, 0) is 12.7 Å². The maximum Gasteiger partial charge on any atom is 0.417 e. The summed E-state index contributed by atoms with van der Waals surface area (Å²) in [5.74, 6) is 0. The third-order valence-electron chi connectivity index (χ3n) is 2.74. The summed E-state index contributed by atoms with van der Waals surface area (Å²) < 4.78 is 38.6. The second-order valence-corrected chi connectivity index (χ2v) is 4.40. The summed E-state index contributed by atoms with van der Waals surface area (Å²) in [6, 6.07) is 1.79. The van der Waals surface area contributed by atoms with E-state index in [-0.39, 0.29) is 0 Å². The van der Waals surface area contributed by atoms with Gasteiger partial charge >= 0.3 is 6.18 Å². The molecule has 108 valence electrons. The number of aromatic nitrogens is 1. The minimum atomic E-state index is -4.40. The predicted molar refractivity (Wildman–Crippen MR) is 68.1 cm³/mol. The van der Waals surface area contributed by atoms with Crippen LogP contribution in [0.2, 0.25) is 0 Å². The van der Waals surface area contributed by atoms with Crippen LogP contribution in [0.1, 0.15) is 31.7 Å². The van der Waals surface area contributed by atoms with Gasteiger partial charge in [0.25, 0.3) is 5.56 Å². The van der Waals surface area contributed by atoms with Crippen molar-refractivity contribution in [3.63, 3.8) is 0 Å². The van der Waals surface area contributed by atoms with Gasteiger partial charge in [0.1, 0.15) is 0 Å². The SMILES string of the molecule is CCCNCCCCn1cc(C(F)(F)F)ccc1=O. The molecule has 0 aliphatic rings. The number of halogens is 3. The van der Waals surface area contributed by atoms with Crippen LogP contribution in [0.3, 0.4) is 0 Å². The lowest BCUT2D eigenvalue weighted by atomic mass is 10.2. The molecule has 0 radical (unpaired) electrons. The zero-order valence-electron chi connectivity index (χ0n) is 11.0. The fourth-order valence-corrected chi connectivity index (χ4v) is 1.71. The van der Waals surface area contributed by atoms with Gasteiger partial charge in [-0.3, -0.25) is 4.79 Å². The molecular formula is C13H19F3N2O. The summed E-state index contributed by atoms with van der Waals surface area (Å²) >= 11 is 0. The van der Waals surface area contributed by atoms with Crippen molar-refractivity contribution in [1.29, 1.82) is 0 Å². The molecule has 0 saturated heterocycles. The van der Waals surface area contributed by atoms with Gasteiger partial charge in [-0.1, -0.05) is 6.92 Å². The van der Waals surface area contributed by atoms with E-state index in [0.29, 0.717) is 13.0 Å². The summed E-state index contributed by atoms with van der Waals surface area (Å²) in [6.45, 7) is 4.14. The van der Waals surface area contributed by atoms with Crippen molar-refractivity contribution in [1.82, 2.24) is 9.88 Å². The summed E-state index contributed by atoms with van der Waals surface area (Å²) in [6.07, 6.45) is -0.951. The number of rotatable bonds is 7. The average molecular weight is 276 g/mol. The van der Waals surface area contributed by atoms with Gasteiger partial charge in [0.05, 0.1) is 5.56 Å². The first kappa shape index (κ1) is 15.8. The Kier molecular flexibility index (Phi) is 6.08. The molecule has 1 aromatic rings. The van der Waals surface area contributed by atoms with Gasteiger partial charge in [-0.2, -0.15) is 13.2 Å². The number of nitrogens with zero attached hydrogens (tertiary/aromatic N) is 1. The highest BCUT2D eigenvalue weighted by atomic mass is 19.4. The number of hydrogen-bond acceptors (Lipinski definition) is 2. The second-order valence-electron chi connectivity index (χ2n) is 4.40. The van der Waals surface area contributed by atoms with E-state index in [1.165, 1.54) is 0 Å². The third-order valence-corrected chi connectivity index (χ3v) is 2.74. The lowest BCUT2D eigenvalue weighted by Gasteiger charge is -2.10. The van der Waals surface area contributed by atoms with Gasteiger partial charge in [0.2, 0.25) is 0 Å². The van der Waals surface area contributed by atoms with E-state index < -0.39 is 17.3 Å². The van der Waals surface area contributed by atoms with Crippen LogP contribution in [-0.4, -0.2) is 17.7 Å². The summed E-state index contributed by atoms with van der Waals surface area (Å²) in [5.41, 5.74) is -1.18. The normalized spacial score (nSPS) is 11.8. The monoisotopic (exact) mass is 276 g/mol. The van der Waals surface area contributed by atoms with E-state index in [0.717, 1.165) is 48.8 Å². The lowest BCUT2D eigenvalue weighted by molar-refractivity contribution is -0.138.